The molecule has 1 fully saturated rings. The minimum atomic E-state index is 0.0116. The summed E-state index contributed by atoms with van der Waals surface area (Å²) in [6.45, 7) is 10.1. The average Bonchev–Trinajstić information content (AvgIpc) is 3.59. The molecule has 0 radical (unpaired) electrons. The maximum absolute atomic E-state index is 12.5. The average molecular weight is 449 g/mol. The van der Waals surface area contributed by atoms with Gasteiger partial charge in [-0.2, -0.15) is 0 Å². The van der Waals surface area contributed by atoms with Gasteiger partial charge in [0, 0.05) is 35.8 Å². The Morgan fingerprint density at radius 3 is 2.55 bits per heavy atom. The van der Waals surface area contributed by atoms with Gasteiger partial charge in [-0.05, 0) is 80.5 Å². The largest absolute Gasteiger partial charge is 0.493 e. The first-order valence-electron chi connectivity index (χ1n) is 12.1. The Balaban J connectivity index is 1.53. The first kappa shape index (κ1) is 23.2. The molecule has 1 saturated carbocycles. The molecule has 1 heterocycles. The Kier molecular flexibility index (Phi) is 6.96. The maximum atomic E-state index is 12.5. The minimum absolute atomic E-state index is 0.0116. The van der Waals surface area contributed by atoms with Crippen molar-refractivity contribution in [1.82, 2.24) is 4.90 Å². The Hall–Kier alpha value is -2.95. The Morgan fingerprint density at radius 1 is 1.18 bits per heavy atom. The summed E-state index contributed by atoms with van der Waals surface area (Å²) in [7, 11) is 1.85. The number of aryl methyl sites for hydroxylation is 1. The van der Waals surface area contributed by atoms with Gasteiger partial charge in [0.15, 0.2) is 0 Å². The molecule has 1 aliphatic rings. The van der Waals surface area contributed by atoms with E-state index in [1.807, 2.05) is 43.4 Å². The van der Waals surface area contributed by atoms with Gasteiger partial charge in [0.05, 0.1) is 12.6 Å². The van der Waals surface area contributed by atoms with Crippen LogP contribution in [0.1, 0.15) is 67.8 Å². The number of carbonyl (C=O) groups is 1. The van der Waals surface area contributed by atoms with E-state index in [-0.39, 0.29) is 11.9 Å². The van der Waals surface area contributed by atoms with Crippen molar-refractivity contribution in [3.05, 3.63) is 59.4 Å². The van der Waals surface area contributed by atoms with Gasteiger partial charge < -0.3 is 19.4 Å². The fourth-order valence-electron chi connectivity index (χ4n) is 4.18. The van der Waals surface area contributed by atoms with Gasteiger partial charge >= 0.3 is 0 Å². The highest BCUT2D eigenvalue weighted by Crippen LogP contribution is 2.37. The molecule has 1 atom stereocenters. The molecule has 5 nitrogen and oxygen atoms in total. The number of hydrogen-bond donors (Lipinski definition) is 1. The second-order valence-corrected chi connectivity index (χ2v) is 9.67. The van der Waals surface area contributed by atoms with Crippen LogP contribution < -0.4 is 10.1 Å². The number of ether oxygens (including phenoxy) is 1. The van der Waals surface area contributed by atoms with Gasteiger partial charge in [-0.25, -0.2) is 0 Å². The van der Waals surface area contributed by atoms with Crippen molar-refractivity contribution in [2.24, 2.45) is 11.8 Å². The van der Waals surface area contributed by atoms with Crippen LogP contribution in [0, 0.1) is 18.8 Å². The van der Waals surface area contributed by atoms with Crippen LogP contribution in [0.4, 0.5) is 5.69 Å². The predicted octanol–water partition coefficient (Wildman–Crippen LogP) is 6.82. The third-order valence-corrected chi connectivity index (χ3v) is 6.44. The molecule has 5 heteroatoms. The second-order valence-electron chi connectivity index (χ2n) is 9.67. The fourth-order valence-corrected chi connectivity index (χ4v) is 4.18. The molecule has 1 N–H and O–H groups in total. The monoisotopic (exact) mass is 448 g/mol. The summed E-state index contributed by atoms with van der Waals surface area (Å²) in [5, 5.41) is 4.73. The van der Waals surface area contributed by atoms with E-state index in [4.69, 9.17) is 9.15 Å². The second kappa shape index (κ2) is 9.90. The molecule has 0 saturated heterocycles. The molecule has 4 rings (SSSR count). The minimum Gasteiger partial charge on any atom is -0.493 e. The summed E-state index contributed by atoms with van der Waals surface area (Å²) in [6.07, 6.45) is 3.51. The smallest absolute Gasteiger partial charge is 0.253 e. The number of benzene rings is 2. The van der Waals surface area contributed by atoms with Crippen molar-refractivity contribution in [2.75, 3.05) is 25.5 Å². The van der Waals surface area contributed by atoms with Crippen LogP contribution in [0.15, 0.2) is 46.9 Å². The number of anilines is 1. The summed E-state index contributed by atoms with van der Waals surface area (Å²) >= 11 is 0. The Morgan fingerprint density at radius 2 is 1.91 bits per heavy atom. The molecule has 0 aliphatic heterocycles. The lowest BCUT2D eigenvalue weighted by atomic mass is 9.97. The topological polar surface area (TPSA) is 54.7 Å². The van der Waals surface area contributed by atoms with Gasteiger partial charge in [0.2, 0.25) is 0 Å². The van der Waals surface area contributed by atoms with Crippen molar-refractivity contribution in [1.29, 1.82) is 0 Å². The third kappa shape index (κ3) is 5.35. The molecule has 176 valence electrons. The number of rotatable bonds is 10. The zero-order valence-electron chi connectivity index (χ0n) is 20.5. The van der Waals surface area contributed by atoms with Crippen LogP contribution in [-0.4, -0.2) is 31.0 Å². The van der Waals surface area contributed by atoms with E-state index in [1.165, 1.54) is 12.8 Å². The fraction of sp³-hybridized carbons (Fsp3) is 0.464. The molecule has 1 amide bonds. The lowest BCUT2D eigenvalue weighted by molar-refractivity contribution is 0.0795. The van der Waals surface area contributed by atoms with Gasteiger partial charge in [-0.3, -0.25) is 4.79 Å². The Labute approximate surface area is 197 Å². The van der Waals surface area contributed by atoms with Crippen molar-refractivity contribution in [2.45, 2.75) is 53.0 Å². The van der Waals surface area contributed by atoms with Crippen LogP contribution in [0.3, 0.4) is 0 Å². The molecule has 0 bridgehead atoms. The SMILES string of the molecule is CCCN(C)C(=O)c1ccc(NC(c2oc3ccc(OCC4CC4)cc3c2C)C(C)C)cc1. The van der Waals surface area contributed by atoms with Gasteiger partial charge in [-0.15, -0.1) is 0 Å². The summed E-state index contributed by atoms with van der Waals surface area (Å²) in [5.41, 5.74) is 3.70. The van der Waals surface area contributed by atoms with Gasteiger partial charge in [0.1, 0.15) is 17.1 Å². The standard InChI is InChI=1S/C28H36N2O3/c1-6-15-30(5)28(31)21-9-11-22(12-10-21)29-26(18(2)3)27-19(4)24-16-23(13-14-25(24)33-27)32-17-20-7-8-20/h9-14,16,18,20,26,29H,6-8,15,17H2,1-5H3. The third-order valence-electron chi connectivity index (χ3n) is 6.44. The number of carbonyl (C=O) groups excluding carboxylic acids is 1. The van der Waals surface area contributed by atoms with Gasteiger partial charge in [-0.1, -0.05) is 20.8 Å². The quantitative estimate of drug-likeness (QED) is 0.370. The van der Waals surface area contributed by atoms with Crippen LogP contribution in [0.25, 0.3) is 11.0 Å². The number of nitrogens with zero attached hydrogens (tertiary/aromatic N) is 1. The van der Waals surface area contributed by atoms with E-state index in [9.17, 15) is 4.79 Å². The summed E-state index contributed by atoms with van der Waals surface area (Å²) < 4.78 is 12.3. The maximum Gasteiger partial charge on any atom is 0.253 e. The highest BCUT2D eigenvalue weighted by Gasteiger charge is 2.25. The van der Waals surface area contributed by atoms with Crippen LogP contribution >= 0.6 is 0 Å². The number of hydrogen-bond acceptors (Lipinski definition) is 4. The molecule has 0 spiro atoms. The zero-order valence-corrected chi connectivity index (χ0v) is 20.5. The summed E-state index contributed by atoms with van der Waals surface area (Å²) in [4.78, 5) is 14.3. The molecule has 1 unspecified atom stereocenters. The lowest BCUT2D eigenvalue weighted by Gasteiger charge is -2.23. The predicted molar refractivity (Wildman–Crippen MR) is 134 cm³/mol. The van der Waals surface area contributed by atoms with E-state index in [0.29, 0.717) is 11.5 Å². The summed E-state index contributed by atoms with van der Waals surface area (Å²) in [6, 6.07) is 13.9. The molecule has 3 aromatic rings. The molecular formula is C28H36N2O3. The van der Waals surface area contributed by atoms with Gasteiger partial charge in [0.25, 0.3) is 5.91 Å². The molecule has 33 heavy (non-hydrogen) atoms. The number of fused-ring (bicyclic) bond motifs is 1. The molecule has 1 aromatic heterocycles. The van der Waals surface area contributed by atoms with E-state index in [2.05, 4.69) is 39.1 Å². The first-order chi connectivity index (χ1) is 15.9. The van der Waals surface area contributed by atoms with Crippen LogP contribution in [-0.2, 0) is 0 Å². The number of amides is 1. The highest BCUT2D eigenvalue weighted by atomic mass is 16.5. The number of furan rings is 1. The van der Waals surface area contributed by atoms with E-state index in [1.54, 1.807) is 4.90 Å². The van der Waals surface area contributed by atoms with Crippen molar-refractivity contribution < 1.29 is 13.9 Å². The van der Waals surface area contributed by atoms with E-state index >= 15 is 0 Å². The molecular weight excluding hydrogens is 412 g/mol. The molecule has 2 aromatic carbocycles. The van der Waals surface area contributed by atoms with Crippen LogP contribution in [0.2, 0.25) is 0 Å². The highest BCUT2D eigenvalue weighted by molar-refractivity contribution is 5.94. The summed E-state index contributed by atoms with van der Waals surface area (Å²) in [5.74, 6) is 2.95. The first-order valence-corrected chi connectivity index (χ1v) is 12.1. The lowest BCUT2D eigenvalue weighted by Crippen LogP contribution is -2.27. The van der Waals surface area contributed by atoms with E-state index in [0.717, 1.165) is 59.2 Å². The van der Waals surface area contributed by atoms with E-state index < -0.39 is 0 Å². The Bertz CT molecular complexity index is 1100. The number of nitrogens with one attached hydrogen (secondary N) is 1. The normalized spacial score (nSPS) is 14.5. The van der Waals surface area contributed by atoms with Crippen LogP contribution in [0.5, 0.6) is 5.75 Å². The van der Waals surface area contributed by atoms with Crippen molar-refractivity contribution in [3.8, 4) is 5.75 Å². The van der Waals surface area contributed by atoms with Crippen molar-refractivity contribution >= 4 is 22.6 Å². The van der Waals surface area contributed by atoms with Crippen molar-refractivity contribution in [3.63, 3.8) is 0 Å². The molecule has 1 aliphatic carbocycles. The zero-order chi connectivity index (χ0) is 23.5.